The molecule has 0 aliphatic carbocycles. The Morgan fingerprint density at radius 2 is 1.68 bits per heavy atom. The van der Waals surface area contributed by atoms with Gasteiger partial charge in [-0.15, -0.1) is 13.2 Å². The van der Waals surface area contributed by atoms with Gasteiger partial charge in [0.05, 0.1) is 29.7 Å². The van der Waals surface area contributed by atoms with E-state index in [1.54, 1.807) is 6.07 Å². The summed E-state index contributed by atoms with van der Waals surface area (Å²) in [6.45, 7) is -0.0160. The van der Waals surface area contributed by atoms with Gasteiger partial charge in [0, 0.05) is 5.56 Å². The lowest BCUT2D eigenvalue weighted by Crippen LogP contribution is -2.17. The van der Waals surface area contributed by atoms with Gasteiger partial charge in [-0.1, -0.05) is 12.1 Å². The summed E-state index contributed by atoms with van der Waals surface area (Å²) < 4.78 is 91.4. The van der Waals surface area contributed by atoms with Gasteiger partial charge in [0.2, 0.25) is 0 Å². The van der Waals surface area contributed by atoms with Crippen molar-refractivity contribution in [2.75, 3.05) is 7.11 Å². The zero-order valence-corrected chi connectivity index (χ0v) is 16.5. The predicted molar refractivity (Wildman–Crippen MR) is 100 cm³/mol. The first-order valence-corrected chi connectivity index (χ1v) is 9.18. The third-order valence-electron chi connectivity index (χ3n) is 3.89. The zero-order valence-electron chi connectivity index (χ0n) is 15.7. The van der Waals surface area contributed by atoms with Crippen molar-refractivity contribution in [2.24, 2.45) is 0 Å². The molecule has 0 atom stereocenters. The monoisotopic (exact) mass is 464 g/mol. The maximum Gasteiger partial charge on any atom is 0.573 e. The quantitative estimate of drug-likeness (QED) is 0.237. The number of nitrogens with zero attached hydrogens (tertiary/aromatic N) is 2. The second-order valence-corrected chi connectivity index (χ2v) is 6.76. The summed E-state index contributed by atoms with van der Waals surface area (Å²) in [7, 11) is 1.39. The van der Waals surface area contributed by atoms with Crippen LogP contribution in [0.3, 0.4) is 0 Å². The van der Waals surface area contributed by atoms with Crippen molar-refractivity contribution < 1.29 is 39.4 Å². The fourth-order valence-electron chi connectivity index (χ4n) is 2.68. The molecule has 0 saturated heterocycles. The summed E-state index contributed by atoms with van der Waals surface area (Å²) in [6, 6.07) is 10.9. The van der Waals surface area contributed by atoms with Gasteiger partial charge < -0.3 is 4.74 Å². The Kier molecular flexibility index (Phi) is 6.82. The van der Waals surface area contributed by atoms with Crippen LogP contribution < -0.4 is 4.74 Å². The minimum absolute atomic E-state index is 0.0160. The largest absolute Gasteiger partial charge is 0.573 e. The molecule has 0 N–H and O–H groups in total. The Bertz CT molecular complexity index is 1020. The Labute approximate surface area is 176 Å². The number of rotatable bonds is 7. The molecule has 3 aromatic rings. The Morgan fingerprint density at radius 1 is 0.968 bits per heavy atom. The van der Waals surface area contributed by atoms with E-state index >= 15 is 0 Å². The molecule has 0 amide bonds. The van der Waals surface area contributed by atoms with E-state index in [1.807, 2.05) is 0 Å². The molecule has 3 rings (SSSR count). The summed E-state index contributed by atoms with van der Waals surface area (Å²) in [5.74, 6) is -0.446. The number of hydrogen-bond donors (Lipinski definition) is 0. The van der Waals surface area contributed by atoms with Crippen LogP contribution in [0.5, 0.6) is 5.75 Å². The minimum atomic E-state index is -4.87. The summed E-state index contributed by atoms with van der Waals surface area (Å²) in [6.07, 6.45) is -9.38. The van der Waals surface area contributed by atoms with E-state index in [4.69, 9.17) is 8.37 Å². The van der Waals surface area contributed by atoms with Crippen LogP contribution >= 0.6 is 12.3 Å². The van der Waals surface area contributed by atoms with Gasteiger partial charge in [-0.3, -0.25) is 8.37 Å². The molecule has 0 fully saturated rings. The van der Waals surface area contributed by atoms with Crippen molar-refractivity contribution in [3.63, 3.8) is 0 Å². The molecule has 0 aliphatic rings. The van der Waals surface area contributed by atoms with Gasteiger partial charge in [0.1, 0.15) is 12.4 Å². The van der Waals surface area contributed by atoms with Crippen LogP contribution in [0.4, 0.5) is 26.3 Å². The minimum Gasteiger partial charge on any atom is -0.406 e. The van der Waals surface area contributed by atoms with Crippen molar-refractivity contribution in [1.82, 2.24) is 9.78 Å². The van der Waals surface area contributed by atoms with Crippen LogP contribution in [-0.4, -0.2) is 23.3 Å². The first kappa shape index (κ1) is 23.0. The van der Waals surface area contributed by atoms with Crippen LogP contribution in [-0.2, 0) is 21.1 Å². The second kappa shape index (κ2) is 9.20. The topological polar surface area (TPSA) is 45.5 Å². The number of alkyl halides is 6. The third-order valence-corrected chi connectivity index (χ3v) is 4.24. The highest BCUT2D eigenvalue weighted by molar-refractivity contribution is 7.89. The molecule has 0 radical (unpaired) electrons. The molecule has 31 heavy (non-hydrogen) atoms. The van der Waals surface area contributed by atoms with Crippen molar-refractivity contribution >= 4 is 12.3 Å². The lowest BCUT2D eigenvalue weighted by atomic mass is 10.1. The van der Waals surface area contributed by atoms with E-state index in [-0.39, 0.29) is 12.3 Å². The fraction of sp³-hybridized carbons (Fsp3) is 0.211. The third kappa shape index (κ3) is 6.15. The predicted octanol–water partition coefficient (Wildman–Crippen LogP) is 6.18. The fourth-order valence-corrected chi connectivity index (χ4v) is 2.94. The summed E-state index contributed by atoms with van der Waals surface area (Å²) in [4.78, 5) is 0. The number of halogens is 6. The molecule has 0 unspecified atom stereocenters. The molecule has 0 bridgehead atoms. The second-order valence-electron chi connectivity index (χ2n) is 6.05. The lowest BCUT2D eigenvalue weighted by Gasteiger charge is -2.12. The highest BCUT2D eigenvalue weighted by Gasteiger charge is 2.31. The van der Waals surface area contributed by atoms with Crippen molar-refractivity contribution in [3.05, 3.63) is 65.9 Å². The smallest absolute Gasteiger partial charge is 0.406 e. The maximum atomic E-state index is 12.9. The zero-order chi connectivity index (χ0) is 22.6. The molecule has 1 aromatic heterocycles. The van der Waals surface area contributed by atoms with Crippen molar-refractivity contribution in [2.45, 2.75) is 19.1 Å². The van der Waals surface area contributed by atoms with Crippen molar-refractivity contribution in [3.8, 4) is 22.7 Å². The van der Waals surface area contributed by atoms with Crippen molar-refractivity contribution in [1.29, 1.82) is 0 Å². The van der Waals surface area contributed by atoms with Crippen LogP contribution in [0, 0.1) is 0 Å². The maximum absolute atomic E-state index is 12.9. The van der Waals surface area contributed by atoms with E-state index < -0.39 is 23.9 Å². The highest BCUT2D eigenvalue weighted by atomic mass is 32.2. The Balaban J connectivity index is 2.02. The average molecular weight is 464 g/mol. The Hall–Kier alpha value is -2.70. The van der Waals surface area contributed by atoms with Gasteiger partial charge >= 0.3 is 12.5 Å². The molecule has 0 saturated carbocycles. The lowest BCUT2D eigenvalue weighted by molar-refractivity contribution is -0.274. The van der Waals surface area contributed by atoms with Crippen LogP contribution in [0.2, 0.25) is 0 Å². The van der Waals surface area contributed by atoms with Crippen LogP contribution in [0.25, 0.3) is 16.9 Å². The van der Waals surface area contributed by atoms with Gasteiger partial charge in [-0.25, -0.2) is 4.68 Å². The van der Waals surface area contributed by atoms with E-state index in [2.05, 4.69) is 9.84 Å². The number of ether oxygens (including phenoxy) is 1. The number of hydrogen-bond acceptors (Lipinski definition) is 5. The van der Waals surface area contributed by atoms with E-state index in [0.29, 0.717) is 29.3 Å². The average Bonchev–Trinajstić information content (AvgIpc) is 3.11. The van der Waals surface area contributed by atoms with E-state index in [9.17, 15) is 26.3 Å². The molecule has 0 spiro atoms. The van der Waals surface area contributed by atoms with Crippen LogP contribution in [0.15, 0.2) is 54.6 Å². The standard InChI is InChI=1S/C19H14F6N2O3S/c1-28-31-29-11-14-10-17(12-3-2-4-16(9-12)30-19(23,24)25)27(26-14)15-7-5-13(6-8-15)18(20,21)22/h2-10H,11H2,1H3. The molecule has 5 nitrogen and oxygen atoms in total. The number of aromatic nitrogens is 2. The van der Waals surface area contributed by atoms with Gasteiger partial charge in [-0.2, -0.15) is 18.3 Å². The SMILES string of the molecule is COSOCc1cc(-c2cccc(OC(F)(F)F)c2)n(-c2ccc(C(F)(F)F)cc2)n1. The summed E-state index contributed by atoms with van der Waals surface area (Å²) >= 11 is 0.704. The summed E-state index contributed by atoms with van der Waals surface area (Å²) in [5, 5.41) is 4.30. The molecule has 1 heterocycles. The van der Waals surface area contributed by atoms with E-state index in [1.165, 1.54) is 36.1 Å². The van der Waals surface area contributed by atoms with Gasteiger partial charge in [0.25, 0.3) is 0 Å². The van der Waals surface area contributed by atoms with Gasteiger partial charge in [-0.05, 0) is 42.5 Å². The Morgan fingerprint density at radius 3 is 2.29 bits per heavy atom. The molecular weight excluding hydrogens is 450 g/mol. The number of benzene rings is 2. The molecule has 0 aliphatic heterocycles. The highest BCUT2D eigenvalue weighted by Crippen LogP contribution is 2.32. The molecule has 12 heteroatoms. The van der Waals surface area contributed by atoms with Crippen LogP contribution in [0.1, 0.15) is 11.3 Å². The first-order valence-electron chi connectivity index (χ1n) is 8.52. The van der Waals surface area contributed by atoms with Gasteiger partial charge in [0.15, 0.2) is 12.3 Å². The molecule has 2 aromatic carbocycles. The molecule has 166 valence electrons. The normalized spacial score (nSPS) is 12.2. The van der Waals surface area contributed by atoms with E-state index in [0.717, 1.165) is 24.3 Å². The summed E-state index contributed by atoms with van der Waals surface area (Å²) in [5.41, 5.74) is 0.441. The molecular formula is C19H14F6N2O3S. The first-order chi connectivity index (χ1) is 14.6.